The Hall–Kier alpha value is -0.830. The second kappa shape index (κ2) is 5.81. The molecule has 0 aliphatic carbocycles. The van der Waals surface area contributed by atoms with Crippen LogP contribution in [0.4, 0.5) is 0 Å². The van der Waals surface area contributed by atoms with Gasteiger partial charge in [0.05, 0.1) is 12.3 Å². The van der Waals surface area contributed by atoms with E-state index < -0.39 is 0 Å². The molecule has 0 unspecified atom stereocenters. The molecule has 3 nitrogen and oxygen atoms in total. The third-order valence-electron chi connectivity index (χ3n) is 2.13. The molecule has 0 saturated heterocycles. The summed E-state index contributed by atoms with van der Waals surface area (Å²) in [6.07, 6.45) is 4.15. The van der Waals surface area contributed by atoms with Crippen LogP contribution in [0, 0.1) is 0 Å². The standard InChI is InChI=1S/C11H20N2O/c1-4-5-8-14-9-11-6-7-12-13(11)10(2)3/h6-7,10H,4-5,8-9H2,1-3H3. The first-order valence-corrected chi connectivity index (χ1v) is 5.35. The van der Waals surface area contributed by atoms with Crippen LogP contribution in [0.5, 0.6) is 0 Å². The van der Waals surface area contributed by atoms with E-state index in [1.165, 1.54) is 6.42 Å². The van der Waals surface area contributed by atoms with Gasteiger partial charge in [-0.3, -0.25) is 4.68 Å². The van der Waals surface area contributed by atoms with Gasteiger partial charge in [0.2, 0.25) is 0 Å². The third-order valence-corrected chi connectivity index (χ3v) is 2.13. The first-order chi connectivity index (χ1) is 6.75. The molecule has 1 aromatic heterocycles. The molecule has 0 atom stereocenters. The summed E-state index contributed by atoms with van der Waals surface area (Å²) in [6, 6.07) is 2.43. The molecule has 0 amide bonds. The number of aromatic nitrogens is 2. The SMILES string of the molecule is CCCCOCc1ccnn1C(C)C. The van der Waals surface area contributed by atoms with Gasteiger partial charge < -0.3 is 4.74 Å². The predicted octanol–water partition coefficient (Wildman–Crippen LogP) is 2.78. The van der Waals surface area contributed by atoms with Crippen molar-refractivity contribution < 1.29 is 4.74 Å². The highest BCUT2D eigenvalue weighted by Gasteiger charge is 2.04. The predicted molar refractivity (Wildman–Crippen MR) is 57.2 cm³/mol. The second-order valence-electron chi connectivity index (χ2n) is 3.77. The van der Waals surface area contributed by atoms with E-state index in [4.69, 9.17) is 4.74 Å². The number of hydrogen-bond donors (Lipinski definition) is 0. The minimum absolute atomic E-state index is 0.412. The van der Waals surface area contributed by atoms with Crippen LogP contribution >= 0.6 is 0 Å². The Kier molecular flexibility index (Phi) is 4.66. The van der Waals surface area contributed by atoms with E-state index >= 15 is 0 Å². The molecule has 14 heavy (non-hydrogen) atoms. The van der Waals surface area contributed by atoms with Crippen molar-refractivity contribution in [1.29, 1.82) is 0 Å². The van der Waals surface area contributed by atoms with Gasteiger partial charge >= 0.3 is 0 Å². The smallest absolute Gasteiger partial charge is 0.0884 e. The minimum atomic E-state index is 0.412. The van der Waals surface area contributed by atoms with Crippen molar-refractivity contribution in [1.82, 2.24) is 9.78 Å². The normalized spacial score (nSPS) is 11.1. The molecule has 0 spiro atoms. The van der Waals surface area contributed by atoms with Crippen LogP contribution in [-0.2, 0) is 11.3 Å². The van der Waals surface area contributed by atoms with Crippen molar-refractivity contribution in [2.24, 2.45) is 0 Å². The van der Waals surface area contributed by atoms with Crippen LogP contribution in [0.1, 0.15) is 45.3 Å². The molecule has 0 aliphatic heterocycles. The lowest BCUT2D eigenvalue weighted by atomic mass is 10.3. The highest BCUT2D eigenvalue weighted by molar-refractivity contribution is 4.99. The van der Waals surface area contributed by atoms with E-state index in [0.29, 0.717) is 12.6 Å². The Morgan fingerprint density at radius 1 is 1.50 bits per heavy atom. The summed E-state index contributed by atoms with van der Waals surface area (Å²) >= 11 is 0. The Labute approximate surface area is 86.1 Å². The number of hydrogen-bond acceptors (Lipinski definition) is 2. The summed E-state index contributed by atoms with van der Waals surface area (Å²) in [4.78, 5) is 0. The Bertz CT molecular complexity index is 256. The van der Waals surface area contributed by atoms with Crippen LogP contribution in [0.25, 0.3) is 0 Å². The topological polar surface area (TPSA) is 27.1 Å². The van der Waals surface area contributed by atoms with Crippen molar-refractivity contribution in [3.63, 3.8) is 0 Å². The summed E-state index contributed by atoms with van der Waals surface area (Å²) in [5.74, 6) is 0. The first kappa shape index (κ1) is 11.2. The zero-order chi connectivity index (χ0) is 10.4. The van der Waals surface area contributed by atoms with Crippen molar-refractivity contribution >= 4 is 0 Å². The van der Waals surface area contributed by atoms with Crippen LogP contribution < -0.4 is 0 Å². The monoisotopic (exact) mass is 196 g/mol. The average Bonchev–Trinajstić information content (AvgIpc) is 2.60. The van der Waals surface area contributed by atoms with Crippen molar-refractivity contribution in [2.75, 3.05) is 6.61 Å². The maximum atomic E-state index is 5.55. The zero-order valence-electron chi connectivity index (χ0n) is 9.36. The van der Waals surface area contributed by atoms with Crippen LogP contribution in [0.2, 0.25) is 0 Å². The maximum absolute atomic E-state index is 5.55. The van der Waals surface area contributed by atoms with E-state index in [0.717, 1.165) is 18.7 Å². The van der Waals surface area contributed by atoms with Crippen LogP contribution in [0.3, 0.4) is 0 Å². The van der Waals surface area contributed by atoms with Gasteiger partial charge in [-0.25, -0.2) is 0 Å². The van der Waals surface area contributed by atoms with Crippen LogP contribution in [0.15, 0.2) is 12.3 Å². The van der Waals surface area contributed by atoms with Gasteiger partial charge in [-0.2, -0.15) is 5.10 Å². The maximum Gasteiger partial charge on any atom is 0.0884 e. The summed E-state index contributed by atoms with van der Waals surface area (Å²) in [7, 11) is 0. The number of nitrogens with zero attached hydrogens (tertiary/aromatic N) is 2. The molecule has 0 N–H and O–H groups in total. The lowest BCUT2D eigenvalue weighted by Crippen LogP contribution is -2.08. The lowest BCUT2D eigenvalue weighted by Gasteiger charge is -2.10. The third kappa shape index (κ3) is 3.14. The second-order valence-corrected chi connectivity index (χ2v) is 3.77. The Morgan fingerprint density at radius 2 is 2.29 bits per heavy atom. The largest absolute Gasteiger partial charge is 0.375 e. The summed E-state index contributed by atoms with van der Waals surface area (Å²) < 4.78 is 7.55. The van der Waals surface area contributed by atoms with Gasteiger partial charge in [-0.15, -0.1) is 0 Å². The van der Waals surface area contributed by atoms with Gasteiger partial charge in [0.25, 0.3) is 0 Å². The van der Waals surface area contributed by atoms with Gasteiger partial charge in [0, 0.05) is 18.8 Å². The van der Waals surface area contributed by atoms with Gasteiger partial charge in [-0.1, -0.05) is 13.3 Å². The highest BCUT2D eigenvalue weighted by Crippen LogP contribution is 2.09. The molecule has 3 heteroatoms. The average molecular weight is 196 g/mol. The fourth-order valence-corrected chi connectivity index (χ4v) is 1.34. The number of rotatable bonds is 6. The fraction of sp³-hybridized carbons (Fsp3) is 0.727. The summed E-state index contributed by atoms with van der Waals surface area (Å²) in [5.41, 5.74) is 1.16. The van der Waals surface area contributed by atoms with Crippen molar-refractivity contribution in [3.05, 3.63) is 18.0 Å². The van der Waals surface area contributed by atoms with Crippen molar-refractivity contribution in [3.8, 4) is 0 Å². The fourth-order valence-electron chi connectivity index (χ4n) is 1.34. The molecule has 80 valence electrons. The first-order valence-electron chi connectivity index (χ1n) is 5.35. The zero-order valence-corrected chi connectivity index (χ0v) is 9.36. The van der Waals surface area contributed by atoms with Crippen molar-refractivity contribution in [2.45, 2.75) is 46.3 Å². The van der Waals surface area contributed by atoms with E-state index in [1.54, 1.807) is 0 Å². The molecular weight excluding hydrogens is 176 g/mol. The van der Waals surface area contributed by atoms with Crippen LogP contribution in [-0.4, -0.2) is 16.4 Å². The quantitative estimate of drug-likeness (QED) is 0.654. The molecule has 0 radical (unpaired) electrons. The minimum Gasteiger partial charge on any atom is -0.375 e. The van der Waals surface area contributed by atoms with E-state index in [9.17, 15) is 0 Å². The molecule has 0 aliphatic rings. The van der Waals surface area contributed by atoms with Gasteiger partial charge in [-0.05, 0) is 26.3 Å². The molecule has 0 aromatic carbocycles. The van der Waals surface area contributed by atoms with E-state index in [1.807, 2.05) is 16.9 Å². The van der Waals surface area contributed by atoms with Gasteiger partial charge in [0.1, 0.15) is 0 Å². The lowest BCUT2D eigenvalue weighted by molar-refractivity contribution is 0.111. The van der Waals surface area contributed by atoms with E-state index in [2.05, 4.69) is 25.9 Å². The summed E-state index contributed by atoms with van der Waals surface area (Å²) in [5, 5.41) is 4.25. The molecule has 1 aromatic rings. The highest BCUT2D eigenvalue weighted by atomic mass is 16.5. The van der Waals surface area contributed by atoms with Gasteiger partial charge in [0.15, 0.2) is 0 Å². The molecule has 0 fully saturated rings. The number of ether oxygens (including phenoxy) is 1. The van der Waals surface area contributed by atoms with E-state index in [-0.39, 0.29) is 0 Å². The Balaban J connectivity index is 2.38. The Morgan fingerprint density at radius 3 is 2.93 bits per heavy atom. The molecule has 0 bridgehead atoms. The molecule has 0 saturated carbocycles. The number of unbranched alkanes of at least 4 members (excludes halogenated alkanes) is 1. The summed E-state index contributed by atoms with van der Waals surface area (Å²) in [6.45, 7) is 7.95. The molecular formula is C11H20N2O. The molecule has 1 rings (SSSR count). The molecule has 1 heterocycles.